The van der Waals surface area contributed by atoms with Crippen molar-refractivity contribution in [3.63, 3.8) is 0 Å². The molecule has 0 heterocycles. The van der Waals surface area contributed by atoms with Crippen molar-refractivity contribution >= 4 is 6.03 Å². The lowest BCUT2D eigenvalue weighted by Crippen LogP contribution is -2.50. The zero-order chi connectivity index (χ0) is 15.9. The van der Waals surface area contributed by atoms with Gasteiger partial charge in [0.1, 0.15) is 0 Å². The number of carbonyl (C=O) groups excluding carboxylic acids is 1. The van der Waals surface area contributed by atoms with Crippen LogP contribution in [0.2, 0.25) is 0 Å². The molecule has 5 heteroatoms. The quantitative estimate of drug-likeness (QED) is 0.727. The number of amides is 2. The highest BCUT2D eigenvalue weighted by Crippen LogP contribution is 2.26. The lowest BCUT2D eigenvalue weighted by molar-refractivity contribution is 0.152. The molecule has 0 aliphatic heterocycles. The Morgan fingerprint density at radius 2 is 1.73 bits per heavy atom. The van der Waals surface area contributed by atoms with Crippen LogP contribution in [0.5, 0.6) is 0 Å². The van der Waals surface area contributed by atoms with Gasteiger partial charge in [0.05, 0.1) is 0 Å². The molecule has 2 unspecified atom stereocenters. The molecule has 0 spiro atoms. The van der Waals surface area contributed by atoms with Gasteiger partial charge in [0, 0.05) is 31.2 Å². The van der Waals surface area contributed by atoms with E-state index in [1.807, 2.05) is 0 Å². The molecule has 0 aromatic carbocycles. The topological polar surface area (TPSA) is 64.6 Å². The van der Waals surface area contributed by atoms with E-state index >= 15 is 0 Å². The van der Waals surface area contributed by atoms with Crippen LogP contribution in [0.25, 0.3) is 0 Å². The minimum Gasteiger partial charge on any atom is -0.396 e. The number of hydrogen-bond donors (Lipinski definition) is 3. The molecule has 2 aliphatic carbocycles. The first kappa shape index (κ1) is 17.5. The van der Waals surface area contributed by atoms with Crippen molar-refractivity contribution in [3.05, 3.63) is 0 Å². The Labute approximate surface area is 134 Å². The van der Waals surface area contributed by atoms with Gasteiger partial charge in [0.2, 0.25) is 0 Å². The lowest BCUT2D eigenvalue weighted by Gasteiger charge is -2.33. The van der Waals surface area contributed by atoms with Gasteiger partial charge in [0.15, 0.2) is 0 Å². The van der Waals surface area contributed by atoms with Crippen molar-refractivity contribution in [2.45, 2.75) is 63.5 Å². The van der Waals surface area contributed by atoms with Gasteiger partial charge < -0.3 is 20.6 Å². The Morgan fingerprint density at radius 3 is 2.36 bits per heavy atom. The average molecular weight is 311 g/mol. The fraction of sp³-hybridized carbons (Fsp3) is 0.941. The Kier molecular flexibility index (Phi) is 6.96. The number of aliphatic hydroxyl groups excluding tert-OH is 1. The third-order valence-electron chi connectivity index (χ3n) is 5.27. The summed E-state index contributed by atoms with van der Waals surface area (Å²) < 4.78 is 0. The van der Waals surface area contributed by atoms with Gasteiger partial charge in [-0.25, -0.2) is 4.79 Å². The second-order valence-electron chi connectivity index (χ2n) is 7.43. The first-order valence-corrected chi connectivity index (χ1v) is 8.91. The van der Waals surface area contributed by atoms with Crippen LogP contribution < -0.4 is 10.6 Å². The molecular weight excluding hydrogens is 278 g/mol. The van der Waals surface area contributed by atoms with Crippen LogP contribution in [0.3, 0.4) is 0 Å². The smallest absolute Gasteiger partial charge is 0.315 e. The third-order valence-corrected chi connectivity index (χ3v) is 5.27. The van der Waals surface area contributed by atoms with Crippen molar-refractivity contribution in [3.8, 4) is 0 Å². The van der Waals surface area contributed by atoms with E-state index < -0.39 is 0 Å². The molecule has 2 aliphatic rings. The van der Waals surface area contributed by atoms with Crippen molar-refractivity contribution < 1.29 is 9.90 Å². The van der Waals surface area contributed by atoms with Crippen LogP contribution in [-0.4, -0.2) is 55.4 Å². The molecule has 0 radical (unpaired) electrons. The maximum absolute atomic E-state index is 12.2. The molecule has 2 rings (SSSR count). The molecule has 0 aromatic rings. The molecule has 128 valence electrons. The Morgan fingerprint density at radius 1 is 1.05 bits per heavy atom. The number of urea groups is 1. The Hall–Kier alpha value is -0.810. The zero-order valence-electron chi connectivity index (χ0n) is 14.2. The number of aliphatic hydroxyl groups is 1. The number of nitrogens with zero attached hydrogens (tertiary/aromatic N) is 1. The van der Waals surface area contributed by atoms with Crippen molar-refractivity contribution in [2.24, 2.45) is 11.8 Å². The molecule has 0 bridgehead atoms. The highest BCUT2D eigenvalue weighted by Gasteiger charge is 2.27. The summed E-state index contributed by atoms with van der Waals surface area (Å²) in [6, 6.07) is 0.416. The Bertz CT molecular complexity index is 341. The minimum absolute atomic E-state index is 0.0404. The predicted molar refractivity (Wildman–Crippen MR) is 88.8 cm³/mol. The molecule has 2 atom stereocenters. The maximum atomic E-state index is 12.2. The second kappa shape index (κ2) is 8.73. The van der Waals surface area contributed by atoms with Crippen LogP contribution in [0, 0.1) is 11.8 Å². The van der Waals surface area contributed by atoms with Crippen LogP contribution in [-0.2, 0) is 0 Å². The van der Waals surface area contributed by atoms with Crippen LogP contribution in [0.4, 0.5) is 4.79 Å². The van der Waals surface area contributed by atoms with E-state index in [0.29, 0.717) is 6.04 Å². The molecule has 2 saturated carbocycles. The van der Waals surface area contributed by atoms with E-state index in [2.05, 4.69) is 29.6 Å². The average Bonchev–Trinajstić information content (AvgIpc) is 2.49. The van der Waals surface area contributed by atoms with Gasteiger partial charge in [-0.3, -0.25) is 0 Å². The molecule has 5 nitrogen and oxygen atoms in total. The molecule has 2 fully saturated rings. The largest absolute Gasteiger partial charge is 0.396 e. The highest BCUT2D eigenvalue weighted by atomic mass is 16.3. The molecule has 0 saturated heterocycles. The van der Waals surface area contributed by atoms with Gasteiger partial charge in [0.25, 0.3) is 0 Å². The monoisotopic (exact) mass is 311 g/mol. The van der Waals surface area contributed by atoms with Gasteiger partial charge >= 0.3 is 6.03 Å². The van der Waals surface area contributed by atoms with E-state index in [4.69, 9.17) is 0 Å². The second-order valence-corrected chi connectivity index (χ2v) is 7.43. The van der Waals surface area contributed by atoms with Crippen LogP contribution in [0.15, 0.2) is 0 Å². The van der Waals surface area contributed by atoms with Crippen molar-refractivity contribution in [2.75, 3.05) is 27.2 Å². The standard InChI is InChI=1S/C17H33N3O2/c1-20(2)11-13-7-9-15(10-8-13)18-17(22)19-16-6-4-3-5-14(16)12-21/h13-16,21H,3-12H2,1-2H3,(H2,18,19,22). The first-order valence-electron chi connectivity index (χ1n) is 8.91. The summed E-state index contributed by atoms with van der Waals surface area (Å²) >= 11 is 0. The third kappa shape index (κ3) is 5.43. The van der Waals surface area contributed by atoms with E-state index in [1.54, 1.807) is 0 Å². The zero-order valence-corrected chi connectivity index (χ0v) is 14.2. The van der Waals surface area contributed by atoms with E-state index in [-0.39, 0.29) is 24.6 Å². The van der Waals surface area contributed by atoms with Crippen molar-refractivity contribution in [1.82, 2.24) is 15.5 Å². The maximum Gasteiger partial charge on any atom is 0.315 e. The summed E-state index contributed by atoms with van der Waals surface area (Å²) in [5.41, 5.74) is 0. The molecule has 2 amide bonds. The van der Waals surface area contributed by atoms with E-state index in [0.717, 1.165) is 44.6 Å². The van der Waals surface area contributed by atoms with Crippen molar-refractivity contribution in [1.29, 1.82) is 0 Å². The molecule has 22 heavy (non-hydrogen) atoms. The predicted octanol–water partition coefficient (Wildman–Crippen LogP) is 1.96. The molecule has 0 aromatic heterocycles. The summed E-state index contributed by atoms with van der Waals surface area (Å²) in [6.45, 7) is 1.33. The fourth-order valence-corrected chi connectivity index (χ4v) is 4.02. The van der Waals surface area contributed by atoms with E-state index in [9.17, 15) is 9.90 Å². The number of carbonyl (C=O) groups is 1. The van der Waals surface area contributed by atoms with Gasteiger partial charge in [-0.2, -0.15) is 0 Å². The molecule has 3 N–H and O–H groups in total. The Balaban J connectivity index is 1.69. The molecular formula is C17H33N3O2. The summed E-state index contributed by atoms with van der Waals surface area (Å²) in [5, 5.41) is 15.7. The lowest BCUT2D eigenvalue weighted by atomic mass is 9.85. The van der Waals surface area contributed by atoms with Crippen LogP contribution >= 0.6 is 0 Å². The van der Waals surface area contributed by atoms with Crippen LogP contribution in [0.1, 0.15) is 51.4 Å². The summed E-state index contributed by atoms with van der Waals surface area (Å²) in [4.78, 5) is 14.4. The number of hydrogen-bond acceptors (Lipinski definition) is 3. The SMILES string of the molecule is CN(C)CC1CCC(NC(=O)NC2CCCCC2CO)CC1. The summed E-state index contributed by atoms with van der Waals surface area (Å²) in [7, 11) is 4.25. The minimum atomic E-state index is -0.0404. The number of rotatable bonds is 5. The summed E-state index contributed by atoms with van der Waals surface area (Å²) in [6.07, 6.45) is 8.90. The highest BCUT2D eigenvalue weighted by molar-refractivity contribution is 5.74. The van der Waals surface area contributed by atoms with Gasteiger partial charge in [-0.05, 0) is 58.5 Å². The fourth-order valence-electron chi connectivity index (χ4n) is 4.02. The first-order chi connectivity index (χ1) is 10.6. The van der Waals surface area contributed by atoms with Gasteiger partial charge in [-0.1, -0.05) is 12.8 Å². The number of nitrogens with one attached hydrogen (secondary N) is 2. The van der Waals surface area contributed by atoms with Gasteiger partial charge in [-0.15, -0.1) is 0 Å². The normalized spacial score (nSPS) is 32.7. The summed E-state index contributed by atoms with van der Waals surface area (Å²) in [5.74, 6) is 1.00. The van der Waals surface area contributed by atoms with E-state index in [1.165, 1.54) is 19.3 Å².